The van der Waals surface area contributed by atoms with E-state index in [0.717, 1.165) is 63.7 Å². The van der Waals surface area contributed by atoms with Crippen molar-refractivity contribution in [2.24, 2.45) is 5.92 Å². The zero-order valence-corrected chi connectivity index (χ0v) is 42.3. The first-order valence-electron chi connectivity index (χ1n) is 27.9. The summed E-state index contributed by atoms with van der Waals surface area (Å²) in [7, 11) is 0. The fourth-order valence-corrected chi connectivity index (χ4v) is 8.57. The Kier molecular flexibility index (Phi) is 49.1. The summed E-state index contributed by atoms with van der Waals surface area (Å²) in [5.74, 6) is -0.00265. The van der Waals surface area contributed by atoms with Crippen LogP contribution in [-0.4, -0.2) is 37.2 Å². The van der Waals surface area contributed by atoms with E-state index < -0.39 is 6.10 Å². The topological polar surface area (TPSA) is 78.9 Å². The van der Waals surface area contributed by atoms with Crippen molar-refractivity contribution >= 4 is 17.9 Å². The van der Waals surface area contributed by atoms with Crippen LogP contribution in [0.5, 0.6) is 0 Å². The van der Waals surface area contributed by atoms with Gasteiger partial charge in [-0.2, -0.15) is 0 Å². The molecule has 0 fully saturated rings. The fourth-order valence-electron chi connectivity index (χ4n) is 8.57. The Hall–Kier alpha value is -1.59. The summed E-state index contributed by atoms with van der Waals surface area (Å²) in [4.78, 5) is 38.0. The van der Waals surface area contributed by atoms with Crippen LogP contribution in [0.3, 0.4) is 0 Å². The molecular formula is C56H108O6. The highest BCUT2D eigenvalue weighted by molar-refractivity contribution is 5.71. The molecule has 0 bridgehead atoms. The third-order valence-corrected chi connectivity index (χ3v) is 12.8. The standard InChI is InChI=1S/C56H108O6/c1-5-7-9-11-13-15-16-17-18-19-20-21-22-25-28-32-35-39-43-47-54(57)60-50-53(62-56(59)49-45-41-37-30-14-12-10-8-6-2)51-61-55(58)48-44-40-36-33-29-26-23-24-27-31-34-38-42-46-52(3)4/h52-53H,5-51H2,1-4H3/t53-/m1/s1. The summed E-state index contributed by atoms with van der Waals surface area (Å²) in [5, 5.41) is 0. The van der Waals surface area contributed by atoms with Gasteiger partial charge in [0.15, 0.2) is 6.10 Å². The minimum absolute atomic E-state index is 0.0625. The summed E-state index contributed by atoms with van der Waals surface area (Å²) < 4.78 is 16.8. The van der Waals surface area contributed by atoms with Gasteiger partial charge in [0.05, 0.1) is 0 Å². The van der Waals surface area contributed by atoms with Gasteiger partial charge < -0.3 is 14.2 Å². The molecule has 0 aliphatic carbocycles. The van der Waals surface area contributed by atoms with Gasteiger partial charge in [0.1, 0.15) is 13.2 Å². The molecule has 0 heterocycles. The van der Waals surface area contributed by atoms with Crippen molar-refractivity contribution in [3.05, 3.63) is 0 Å². The summed E-state index contributed by atoms with van der Waals surface area (Å²) in [6.07, 6.45) is 53.9. The maximum Gasteiger partial charge on any atom is 0.306 e. The molecule has 0 aromatic heterocycles. The van der Waals surface area contributed by atoms with Crippen molar-refractivity contribution < 1.29 is 28.6 Å². The van der Waals surface area contributed by atoms with Gasteiger partial charge in [-0.3, -0.25) is 14.4 Å². The molecule has 6 nitrogen and oxygen atoms in total. The van der Waals surface area contributed by atoms with Crippen molar-refractivity contribution in [2.75, 3.05) is 13.2 Å². The highest BCUT2D eigenvalue weighted by atomic mass is 16.6. The van der Waals surface area contributed by atoms with Gasteiger partial charge in [0.25, 0.3) is 0 Å². The second-order valence-corrected chi connectivity index (χ2v) is 19.7. The predicted molar refractivity (Wildman–Crippen MR) is 266 cm³/mol. The quantitative estimate of drug-likeness (QED) is 0.0344. The number of hydrogen-bond donors (Lipinski definition) is 0. The molecule has 0 rings (SSSR count). The lowest BCUT2D eigenvalue weighted by Crippen LogP contribution is -2.30. The van der Waals surface area contributed by atoms with Gasteiger partial charge in [-0.05, 0) is 25.2 Å². The molecule has 0 spiro atoms. The van der Waals surface area contributed by atoms with Crippen LogP contribution in [0.4, 0.5) is 0 Å². The maximum absolute atomic E-state index is 12.7. The molecule has 1 atom stereocenters. The number of hydrogen-bond acceptors (Lipinski definition) is 6. The molecule has 0 saturated carbocycles. The van der Waals surface area contributed by atoms with E-state index in [2.05, 4.69) is 27.7 Å². The summed E-state index contributed by atoms with van der Waals surface area (Å²) >= 11 is 0. The second-order valence-electron chi connectivity index (χ2n) is 19.7. The van der Waals surface area contributed by atoms with E-state index in [9.17, 15) is 14.4 Å². The normalized spacial score (nSPS) is 12.0. The Bertz CT molecular complexity index is 933. The molecular weight excluding hydrogens is 769 g/mol. The number of ether oxygens (including phenoxy) is 3. The lowest BCUT2D eigenvalue weighted by Gasteiger charge is -2.18. The molecule has 0 N–H and O–H groups in total. The van der Waals surface area contributed by atoms with Crippen molar-refractivity contribution in [2.45, 2.75) is 323 Å². The molecule has 0 aliphatic rings. The zero-order valence-electron chi connectivity index (χ0n) is 42.3. The van der Waals surface area contributed by atoms with E-state index in [0.29, 0.717) is 19.3 Å². The number of unbranched alkanes of at least 4 members (excludes halogenated alkanes) is 38. The van der Waals surface area contributed by atoms with E-state index >= 15 is 0 Å². The summed E-state index contributed by atoms with van der Waals surface area (Å²) in [5.41, 5.74) is 0. The van der Waals surface area contributed by atoms with Gasteiger partial charge in [-0.15, -0.1) is 0 Å². The molecule has 368 valence electrons. The van der Waals surface area contributed by atoms with Crippen LogP contribution in [-0.2, 0) is 28.6 Å². The fraction of sp³-hybridized carbons (Fsp3) is 0.946. The third-order valence-electron chi connectivity index (χ3n) is 12.8. The average Bonchev–Trinajstić information content (AvgIpc) is 3.26. The van der Waals surface area contributed by atoms with Gasteiger partial charge >= 0.3 is 17.9 Å². The molecule has 0 aliphatic heterocycles. The summed E-state index contributed by atoms with van der Waals surface area (Å²) in [6, 6.07) is 0. The van der Waals surface area contributed by atoms with E-state index in [-0.39, 0.29) is 31.1 Å². The van der Waals surface area contributed by atoms with Crippen LogP contribution in [0.2, 0.25) is 0 Å². The monoisotopic (exact) mass is 877 g/mol. The molecule has 0 aromatic carbocycles. The van der Waals surface area contributed by atoms with Crippen LogP contribution in [0.1, 0.15) is 317 Å². The van der Waals surface area contributed by atoms with Gasteiger partial charge in [-0.25, -0.2) is 0 Å². The third kappa shape index (κ3) is 49.4. The van der Waals surface area contributed by atoms with E-state index in [1.54, 1.807) is 0 Å². The lowest BCUT2D eigenvalue weighted by atomic mass is 10.0. The minimum Gasteiger partial charge on any atom is -0.462 e. The molecule has 0 saturated heterocycles. The Morgan fingerprint density at radius 2 is 0.532 bits per heavy atom. The van der Waals surface area contributed by atoms with Crippen LogP contribution >= 0.6 is 0 Å². The smallest absolute Gasteiger partial charge is 0.306 e. The SMILES string of the molecule is CCCCCCCCCCCCCCCCCCCCCC(=O)OC[C@H](COC(=O)CCCCCCCCCCCCCCCC(C)C)OC(=O)CCCCCCCCCCC. The Labute approximate surface area is 387 Å². The molecule has 0 unspecified atom stereocenters. The molecule has 62 heavy (non-hydrogen) atoms. The lowest BCUT2D eigenvalue weighted by molar-refractivity contribution is -0.167. The van der Waals surface area contributed by atoms with Gasteiger partial charge in [0.2, 0.25) is 0 Å². The van der Waals surface area contributed by atoms with E-state index in [1.807, 2.05) is 0 Å². The summed E-state index contributed by atoms with van der Waals surface area (Å²) in [6.45, 7) is 9.03. The maximum atomic E-state index is 12.7. The Morgan fingerprint density at radius 1 is 0.306 bits per heavy atom. The molecule has 0 aromatic rings. The number of esters is 3. The van der Waals surface area contributed by atoms with Crippen molar-refractivity contribution in [1.29, 1.82) is 0 Å². The first-order chi connectivity index (χ1) is 30.4. The van der Waals surface area contributed by atoms with Gasteiger partial charge in [-0.1, -0.05) is 278 Å². The van der Waals surface area contributed by atoms with Crippen molar-refractivity contribution in [3.63, 3.8) is 0 Å². The predicted octanol–water partition coefficient (Wildman–Crippen LogP) is 18.2. The highest BCUT2D eigenvalue weighted by Crippen LogP contribution is 2.18. The molecule has 0 radical (unpaired) electrons. The Balaban J connectivity index is 4.18. The van der Waals surface area contributed by atoms with Crippen molar-refractivity contribution in [1.82, 2.24) is 0 Å². The van der Waals surface area contributed by atoms with Crippen LogP contribution < -0.4 is 0 Å². The van der Waals surface area contributed by atoms with Crippen LogP contribution in [0.25, 0.3) is 0 Å². The van der Waals surface area contributed by atoms with Crippen molar-refractivity contribution in [3.8, 4) is 0 Å². The molecule has 6 heteroatoms. The molecule has 0 amide bonds. The number of carbonyl (C=O) groups excluding carboxylic acids is 3. The second kappa shape index (κ2) is 50.4. The van der Waals surface area contributed by atoms with E-state index in [4.69, 9.17) is 14.2 Å². The van der Waals surface area contributed by atoms with E-state index in [1.165, 1.54) is 212 Å². The zero-order chi connectivity index (χ0) is 45.2. The largest absolute Gasteiger partial charge is 0.462 e. The first-order valence-corrected chi connectivity index (χ1v) is 27.9. The number of rotatable bonds is 51. The van der Waals surface area contributed by atoms with Crippen LogP contribution in [0, 0.1) is 5.92 Å². The first kappa shape index (κ1) is 60.4. The van der Waals surface area contributed by atoms with Gasteiger partial charge in [0, 0.05) is 19.3 Å². The van der Waals surface area contributed by atoms with Crippen LogP contribution in [0.15, 0.2) is 0 Å². The average molecular weight is 877 g/mol. The number of carbonyl (C=O) groups is 3. The highest BCUT2D eigenvalue weighted by Gasteiger charge is 2.19. The Morgan fingerprint density at radius 3 is 0.790 bits per heavy atom. The minimum atomic E-state index is -0.760.